The summed E-state index contributed by atoms with van der Waals surface area (Å²) in [6.45, 7) is 2.59. The summed E-state index contributed by atoms with van der Waals surface area (Å²) in [6.07, 6.45) is 4.14. The lowest BCUT2D eigenvalue weighted by atomic mass is 10.2. The van der Waals surface area contributed by atoms with Crippen molar-refractivity contribution in [3.8, 4) is 5.69 Å². The first kappa shape index (κ1) is 15.5. The van der Waals surface area contributed by atoms with Crippen molar-refractivity contribution in [2.75, 3.05) is 13.2 Å². The van der Waals surface area contributed by atoms with E-state index in [2.05, 4.69) is 46.0 Å². The highest BCUT2D eigenvalue weighted by Crippen LogP contribution is 2.30. The van der Waals surface area contributed by atoms with Crippen LogP contribution in [0.25, 0.3) is 5.69 Å². The zero-order valence-corrected chi connectivity index (χ0v) is 14.1. The van der Waals surface area contributed by atoms with Gasteiger partial charge in [0.1, 0.15) is 6.23 Å². The van der Waals surface area contributed by atoms with Crippen molar-refractivity contribution in [2.45, 2.75) is 12.8 Å². The molecular formula is C20H19ClN2O. The summed E-state index contributed by atoms with van der Waals surface area (Å²) in [5.41, 5.74) is 3.44. The van der Waals surface area contributed by atoms with Gasteiger partial charge in [-0.15, -0.1) is 0 Å². The van der Waals surface area contributed by atoms with Gasteiger partial charge in [0, 0.05) is 31.0 Å². The van der Waals surface area contributed by atoms with Crippen LogP contribution >= 0.6 is 11.6 Å². The standard InChI is InChI=1S/C20H19ClN2O/c21-18-8-4-5-9-19(18)22-11-10-17(15-22)20-23(12-13-24-20)14-16-6-2-1-3-7-16/h1-11,15,20H,12-14H2. The number of ether oxygens (including phenoxy) is 1. The van der Waals surface area contributed by atoms with Gasteiger partial charge in [0.05, 0.1) is 17.3 Å². The van der Waals surface area contributed by atoms with Gasteiger partial charge in [0.25, 0.3) is 0 Å². The predicted octanol–water partition coefficient (Wildman–Crippen LogP) is 4.66. The molecule has 1 atom stereocenters. The smallest absolute Gasteiger partial charge is 0.138 e. The van der Waals surface area contributed by atoms with Gasteiger partial charge in [0.2, 0.25) is 0 Å². The number of para-hydroxylation sites is 1. The maximum Gasteiger partial charge on any atom is 0.138 e. The number of hydrogen-bond acceptors (Lipinski definition) is 2. The molecule has 0 spiro atoms. The minimum absolute atomic E-state index is 0.00561. The Morgan fingerprint density at radius 1 is 1.00 bits per heavy atom. The molecular weight excluding hydrogens is 320 g/mol. The summed E-state index contributed by atoms with van der Waals surface area (Å²) in [7, 11) is 0. The topological polar surface area (TPSA) is 17.4 Å². The Balaban J connectivity index is 1.56. The maximum atomic E-state index is 6.30. The first-order valence-corrected chi connectivity index (χ1v) is 8.51. The Bertz CT molecular complexity index is 815. The van der Waals surface area contributed by atoms with Crippen molar-refractivity contribution in [1.82, 2.24) is 9.47 Å². The SMILES string of the molecule is Clc1ccccc1-n1ccc(C2OCCN2Cc2ccccc2)c1. The highest BCUT2D eigenvalue weighted by Gasteiger charge is 2.27. The number of benzene rings is 2. The molecule has 3 aromatic rings. The Labute approximate surface area is 147 Å². The molecule has 0 saturated carbocycles. The van der Waals surface area contributed by atoms with Crippen molar-refractivity contribution in [3.63, 3.8) is 0 Å². The molecule has 3 nitrogen and oxygen atoms in total. The summed E-state index contributed by atoms with van der Waals surface area (Å²) in [5, 5.41) is 0.744. The van der Waals surface area contributed by atoms with Gasteiger partial charge in [-0.05, 0) is 23.8 Å². The summed E-state index contributed by atoms with van der Waals surface area (Å²) >= 11 is 6.30. The molecule has 2 aromatic carbocycles. The van der Waals surface area contributed by atoms with Gasteiger partial charge in [-0.2, -0.15) is 0 Å². The van der Waals surface area contributed by atoms with Crippen LogP contribution in [-0.4, -0.2) is 22.6 Å². The van der Waals surface area contributed by atoms with E-state index in [1.165, 1.54) is 5.56 Å². The third kappa shape index (κ3) is 3.11. The molecule has 0 amide bonds. The van der Waals surface area contributed by atoms with E-state index in [1.807, 2.05) is 36.5 Å². The number of halogens is 1. The fourth-order valence-electron chi connectivity index (χ4n) is 3.16. The lowest BCUT2D eigenvalue weighted by Gasteiger charge is -2.22. The Kier molecular flexibility index (Phi) is 4.39. The second-order valence-electron chi connectivity index (χ2n) is 5.98. The van der Waals surface area contributed by atoms with Crippen LogP contribution in [0.5, 0.6) is 0 Å². The molecule has 4 heteroatoms. The number of hydrogen-bond donors (Lipinski definition) is 0. The lowest BCUT2D eigenvalue weighted by Crippen LogP contribution is -2.23. The van der Waals surface area contributed by atoms with Gasteiger partial charge in [-0.25, -0.2) is 0 Å². The van der Waals surface area contributed by atoms with E-state index >= 15 is 0 Å². The lowest BCUT2D eigenvalue weighted by molar-refractivity contribution is 0.0288. The molecule has 1 aromatic heterocycles. The van der Waals surface area contributed by atoms with Crippen LogP contribution in [0.3, 0.4) is 0 Å². The molecule has 4 rings (SSSR count). The van der Waals surface area contributed by atoms with Crippen LogP contribution in [0.15, 0.2) is 73.1 Å². The van der Waals surface area contributed by atoms with E-state index in [0.29, 0.717) is 0 Å². The minimum atomic E-state index is -0.00561. The first-order valence-electron chi connectivity index (χ1n) is 8.13. The number of aromatic nitrogens is 1. The van der Waals surface area contributed by atoms with Crippen molar-refractivity contribution < 1.29 is 4.74 Å². The molecule has 1 aliphatic heterocycles. The minimum Gasteiger partial charge on any atom is -0.357 e. The van der Waals surface area contributed by atoms with Crippen LogP contribution in [-0.2, 0) is 11.3 Å². The van der Waals surface area contributed by atoms with Crippen LogP contribution in [0.1, 0.15) is 17.4 Å². The maximum absolute atomic E-state index is 6.30. The number of nitrogens with zero attached hydrogens (tertiary/aromatic N) is 2. The molecule has 1 aliphatic rings. The average Bonchev–Trinajstić information content (AvgIpc) is 3.25. The molecule has 0 N–H and O–H groups in total. The van der Waals surface area contributed by atoms with Gasteiger partial charge >= 0.3 is 0 Å². The molecule has 1 saturated heterocycles. The second-order valence-corrected chi connectivity index (χ2v) is 6.39. The monoisotopic (exact) mass is 338 g/mol. The average molecular weight is 339 g/mol. The summed E-state index contributed by atoms with van der Waals surface area (Å²) in [4.78, 5) is 2.36. The first-order chi connectivity index (χ1) is 11.8. The summed E-state index contributed by atoms with van der Waals surface area (Å²) < 4.78 is 8.04. The van der Waals surface area contributed by atoms with E-state index in [9.17, 15) is 0 Å². The van der Waals surface area contributed by atoms with E-state index < -0.39 is 0 Å². The largest absolute Gasteiger partial charge is 0.357 e. The van der Waals surface area contributed by atoms with E-state index in [0.717, 1.165) is 36.0 Å². The van der Waals surface area contributed by atoms with E-state index in [-0.39, 0.29) is 6.23 Å². The fraction of sp³-hybridized carbons (Fsp3) is 0.200. The molecule has 0 bridgehead atoms. The van der Waals surface area contributed by atoms with Crippen molar-refractivity contribution in [1.29, 1.82) is 0 Å². The third-order valence-electron chi connectivity index (χ3n) is 4.35. The van der Waals surface area contributed by atoms with Gasteiger partial charge in [0.15, 0.2) is 0 Å². The van der Waals surface area contributed by atoms with Gasteiger partial charge in [-0.1, -0.05) is 54.1 Å². The Morgan fingerprint density at radius 3 is 2.62 bits per heavy atom. The van der Waals surface area contributed by atoms with E-state index in [4.69, 9.17) is 16.3 Å². The Hall–Kier alpha value is -2.07. The highest BCUT2D eigenvalue weighted by molar-refractivity contribution is 6.32. The Morgan fingerprint density at radius 2 is 1.79 bits per heavy atom. The fourth-order valence-corrected chi connectivity index (χ4v) is 3.39. The van der Waals surface area contributed by atoms with Crippen LogP contribution in [0, 0.1) is 0 Å². The zero-order chi connectivity index (χ0) is 16.4. The van der Waals surface area contributed by atoms with Crippen molar-refractivity contribution in [2.24, 2.45) is 0 Å². The van der Waals surface area contributed by atoms with Crippen LogP contribution < -0.4 is 0 Å². The van der Waals surface area contributed by atoms with Gasteiger partial charge in [-0.3, -0.25) is 4.90 Å². The second kappa shape index (κ2) is 6.81. The van der Waals surface area contributed by atoms with E-state index in [1.54, 1.807) is 0 Å². The number of rotatable bonds is 4. The quantitative estimate of drug-likeness (QED) is 0.688. The molecule has 24 heavy (non-hydrogen) atoms. The molecule has 0 radical (unpaired) electrons. The molecule has 122 valence electrons. The van der Waals surface area contributed by atoms with Crippen LogP contribution in [0.4, 0.5) is 0 Å². The molecule has 1 fully saturated rings. The van der Waals surface area contributed by atoms with Crippen LogP contribution in [0.2, 0.25) is 5.02 Å². The highest BCUT2D eigenvalue weighted by atomic mass is 35.5. The molecule has 0 aliphatic carbocycles. The zero-order valence-electron chi connectivity index (χ0n) is 13.3. The summed E-state index contributed by atoms with van der Waals surface area (Å²) in [6, 6.07) is 20.5. The van der Waals surface area contributed by atoms with Crippen molar-refractivity contribution in [3.05, 3.63) is 89.2 Å². The van der Waals surface area contributed by atoms with Gasteiger partial charge < -0.3 is 9.30 Å². The molecule has 1 unspecified atom stereocenters. The van der Waals surface area contributed by atoms with Crippen molar-refractivity contribution >= 4 is 11.6 Å². The predicted molar refractivity (Wildman–Crippen MR) is 96.3 cm³/mol. The normalized spacial score (nSPS) is 18.1. The summed E-state index contributed by atoms with van der Waals surface area (Å²) in [5.74, 6) is 0. The molecule has 2 heterocycles. The third-order valence-corrected chi connectivity index (χ3v) is 4.67.